The highest BCUT2D eigenvalue weighted by Gasteiger charge is 2.44. The molecule has 1 fully saturated rings. The van der Waals surface area contributed by atoms with Gasteiger partial charge in [-0.05, 0) is 25.7 Å². The van der Waals surface area contributed by atoms with Crippen LogP contribution < -0.4 is 11.1 Å². The summed E-state index contributed by atoms with van der Waals surface area (Å²) in [5, 5.41) is 11.2. The summed E-state index contributed by atoms with van der Waals surface area (Å²) >= 11 is 0. The van der Waals surface area contributed by atoms with E-state index >= 15 is 0 Å². The van der Waals surface area contributed by atoms with Crippen molar-refractivity contribution in [1.82, 2.24) is 5.32 Å². The summed E-state index contributed by atoms with van der Waals surface area (Å²) in [4.78, 5) is 22.3. The van der Waals surface area contributed by atoms with E-state index in [0.717, 1.165) is 12.8 Å². The second-order valence-electron chi connectivity index (χ2n) is 4.33. The van der Waals surface area contributed by atoms with Crippen molar-refractivity contribution >= 4 is 11.9 Å². The molecule has 6 heteroatoms. The summed E-state index contributed by atoms with van der Waals surface area (Å²) in [5.41, 5.74) is 4.96. The maximum absolute atomic E-state index is 11.7. The van der Waals surface area contributed by atoms with Crippen molar-refractivity contribution in [3.8, 4) is 0 Å². The standard InChI is InChI=1S/C10H18N2O4/c1-10(11,6-3-4-6)9(15)12-5-7(16-2)8(13)14/h6-7H,3-5,11H2,1-2H3,(H,12,15)(H,13,14). The summed E-state index contributed by atoms with van der Waals surface area (Å²) in [6.45, 7) is 1.60. The molecule has 0 aromatic heterocycles. The fraction of sp³-hybridized carbons (Fsp3) is 0.800. The Morgan fingerprint density at radius 2 is 2.19 bits per heavy atom. The van der Waals surface area contributed by atoms with E-state index in [4.69, 9.17) is 15.6 Å². The van der Waals surface area contributed by atoms with Crippen LogP contribution in [0.1, 0.15) is 19.8 Å². The molecule has 1 amide bonds. The van der Waals surface area contributed by atoms with Gasteiger partial charge in [0.05, 0.1) is 12.1 Å². The zero-order valence-electron chi connectivity index (χ0n) is 9.53. The van der Waals surface area contributed by atoms with Gasteiger partial charge in [-0.25, -0.2) is 4.79 Å². The van der Waals surface area contributed by atoms with Crippen molar-refractivity contribution in [1.29, 1.82) is 0 Å². The van der Waals surface area contributed by atoms with Crippen LogP contribution in [0, 0.1) is 5.92 Å². The molecule has 0 heterocycles. The number of methoxy groups -OCH3 is 1. The lowest BCUT2D eigenvalue weighted by Gasteiger charge is -2.24. The first-order chi connectivity index (χ1) is 7.39. The molecular weight excluding hydrogens is 212 g/mol. The maximum Gasteiger partial charge on any atom is 0.334 e. The zero-order chi connectivity index (χ0) is 12.3. The summed E-state index contributed by atoms with van der Waals surface area (Å²) in [5.74, 6) is -1.22. The predicted octanol–water partition coefficient (Wildman–Crippen LogP) is -0.670. The van der Waals surface area contributed by atoms with E-state index < -0.39 is 17.6 Å². The van der Waals surface area contributed by atoms with E-state index in [1.807, 2.05) is 0 Å². The van der Waals surface area contributed by atoms with Gasteiger partial charge in [-0.2, -0.15) is 0 Å². The lowest BCUT2D eigenvalue weighted by Crippen LogP contribution is -2.55. The van der Waals surface area contributed by atoms with Crippen molar-refractivity contribution in [3.63, 3.8) is 0 Å². The molecule has 2 atom stereocenters. The molecule has 1 aliphatic carbocycles. The van der Waals surface area contributed by atoms with Crippen molar-refractivity contribution < 1.29 is 19.4 Å². The largest absolute Gasteiger partial charge is 0.479 e. The molecule has 92 valence electrons. The number of nitrogens with two attached hydrogens (primary N) is 1. The molecule has 2 unspecified atom stereocenters. The Morgan fingerprint density at radius 1 is 1.62 bits per heavy atom. The lowest BCUT2D eigenvalue weighted by molar-refractivity contribution is -0.148. The summed E-state index contributed by atoms with van der Waals surface area (Å²) < 4.78 is 4.70. The average molecular weight is 230 g/mol. The molecule has 0 bridgehead atoms. The van der Waals surface area contributed by atoms with E-state index in [9.17, 15) is 9.59 Å². The smallest absolute Gasteiger partial charge is 0.334 e. The van der Waals surface area contributed by atoms with Gasteiger partial charge in [0.25, 0.3) is 0 Å². The van der Waals surface area contributed by atoms with E-state index in [1.54, 1.807) is 6.92 Å². The van der Waals surface area contributed by atoms with Crippen LogP contribution in [0.4, 0.5) is 0 Å². The van der Waals surface area contributed by atoms with Crippen molar-refractivity contribution in [2.24, 2.45) is 11.7 Å². The van der Waals surface area contributed by atoms with Gasteiger partial charge in [-0.1, -0.05) is 0 Å². The molecule has 16 heavy (non-hydrogen) atoms. The van der Waals surface area contributed by atoms with Gasteiger partial charge in [0.1, 0.15) is 0 Å². The number of aliphatic carboxylic acids is 1. The minimum Gasteiger partial charge on any atom is -0.479 e. The monoisotopic (exact) mass is 230 g/mol. The van der Waals surface area contributed by atoms with Crippen LogP contribution in [-0.4, -0.2) is 42.3 Å². The number of amides is 1. The van der Waals surface area contributed by atoms with Gasteiger partial charge in [0.15, 0.2) is 6.10 Å². The zero-order valence-corrected chi connectivity index (χ0v) is 9.53. The Kier molecular flexibility index (Phi) is 3.88. The number of hydrogen-bond acceptors (Lipinski definition) is 4. The molecule has 4 N–H and O–H groups in total. The lowest BCUT2D eigenvalue weighted by atomic mass is 9.96. The van der Waals surface area contributed by atoms with Crippen LogP contribution in [0.3, 0.4) is 0 Å². The third-order valence-corrected chi connectivity index (χ3v) is 2.92. The van der Waals surface area contributed by atoms with Crippen molar-refractivity contribution in [3.05, 3.63) is 0 Å². The Morgan fingerprint density at radius 3 is 2.56 bits per heavy atom. The Balaban J connectivity index is 2.42. The van der Waals surface area contributed by atoms with Gasteiger partial charge < -0.3 is 20.9 Å². The third kappa shape index (κ3) is 2.93. The van der Waals surface area contributed by atoms with Crippen LogP contribution in [0.25, 0.3) is 0 Å². The van der Waals surface area contributed by atoms with Gasteiger partial charge >= 0.3 is 5.97 Å². The van der Waals surface area contributed by atoms with E-state index in [-0.39, 0.29) is 18.4 Å². The predicted molar refractivity (Wildman–Crippen MR) is 56.8 cm³/mol. The fourth-order valence-electron chi connectivity index (χ4n) is 1.52. The Hall–Kier alpha value is -1.14. The Labute approximate surface area is 94.1 Å². The molecule has 0 radical (unpaired) electrons. The molecular formula is C10H18N2O4. The normalized spacial score (nSPS) is 20.9. The molecule has 0 saturated heterocycles. The van der Waals surface area contributed by atoms with E-state index in [1.165, 1.54) is 7.11 Å². The molecule has 0 aromatic rings. The van der Waals surface area contributed by atoms with Gasteiger partial charge in [0, 0.05) is 7.11 Å². The minimum absolute atomic E-state index is 0.0653. The number of carboxylic acid groups (broad SMARTS) is 1. The highest BCUT2D eigenvalue weighted by atomic mass is 16.5. The van der Waals surface area contributed by atoms with Crippen LogP contribution >= 0.6 is 0 Å². The molecule has 0 spiro atoms. The van der Waals surface area contributed by atoms with Crippen LogP contribution in [0.15, 0.2) is 0 Å². The average Bonchev–Trinajstić information content (AvgIpc) is 3.00. The van der Waals surface area contributed by atoms with Crippen LogP contribution in [0.5, 0.6) is 0 Å². The third-order valence-electron chi connectivity index (χ3n) is 2.92. The number of hydrogen-bond donors (Lipinski definition) is 3. The SMILES string of the molecule is COC(CNC(=O)C(C)(N)C1CC1)C(=O)O. The molecule has 0 aliphatic heterocycles. The van der Waals surface area contributed by atoms with Crippen molar-refractivity contribution in [2.75, 3.05) is 13.7 Å². The maximum atomic E-state index is 11.7. The molecule has 1 rings (SSSR count). The van der Waals surface area contributed by atoms with E-state index in [0.29, 0.717) is 0 Å². The molecule has 1 saturated carbocycles. The number of carboxylic acids is 1. The molecule has 0 aromatic carbocycles. The second kappa shape index (κ2) is 4.80. The van der Waals surface area contributed by atoms with Crippen LogP contribution in [0.2, 0.25) is 0 Å². The summed E-state index contributed by atoms with van der Waals surface area (Å²) in [6.07, 6.45) is 0.874. The molecule has 1 aliphatic rings. The number of rotatable bonds is 6. The quantitative estimate of drug-likeness (QED) is 0.561. The highest BCUT2D eigenvalue weighted by molar-refractivity contribution is 5.87. The van der Waals surface area contributed by atoms with E-state index in [2.05, 4.69) is 5.32 Å². The second-order valence-corrected chi connectivity index (χ2v) is 4.33. The number of carbonyl (C=O) groups is 2. The topological polar surface area (TPSA) is 102 Å². The minimum atomic E-state index is -1.10. The van der Waals surface area contributed by atoms with Crippen LogP contribution in [-0.2, 0) is 14.3 Å². The first-order valence-corrected chi connectivity index (χ1v) is 5.22. The summed E-state index contributed by atoms with van der Waals surface area (Å²) in [6, 6.07) is 0. The van der Waals surface area contributed by atoms with Gasteiger partial charge in [0.2, 0.25) is 5.91 Å². The number of nitrogens with one attached hydrogen (secondary N) is 1. The fourth-order valence-corrected chi connectivity index (χ4v) is 1.52. The van der Waals surface area contributed by atoms with Crippen molar-refractivity contribution in [2.45, 2.75) is 31.4 Å². The number of ether oxygens (including phenoxy) is 1. The number of carbonyl (C=O) groups excluding carboxylic acids is 1. The van der Waals surface area contributed by atoms with Gasteiger partial charge in [-0.3, -0.25) is 4.79 Å². The highest BCUT2D eigenvalue weighted by Crippen LogP contribution is 2.38. The summed E-state index contributed by atoms with van der Waals surface area (Å²) in [7, 11) is 1.29. The Bertz CT molecular complexity index is 287. The van der Waals surface area contributed by atoms with Gasteiger partial charge in [-0.15, -0.1) is 0 Å². The first-order valence-electron chi connectivity index (χ1n) is 5.22. The first kappa shape index (κ1) is 12.9. The molecule has 6 nitrogen and oxygen atoms in total.